The lowest BCUT2D eigenvalue weighted by atomic mass is 10.1. The quantitative estimate of drug-likeness (QED) is 0.877. The Kier molecular flexibility index (Phi) is 4.71. The van der Waals surface area contributed by atoms with Crippen LogP contribution < -0.4 is 10.6 Å². The fourth-order valence-corrected chi connectivity index (χ4v) is 1.99. The zero-order chi connectivity index (χ0) is 14.4. The number of hydrogen-bond donors (Lipinski definition) is 2. The van der Waals surface area contributed by atoms with Gasteiger partial charge in [0.2, 0.25) is 0 Å². The maximum Gasteiger partial charge on any atom is 0.253 e. The van der Waals surface area contributed by atoms with E-state index in [1.165, 1.54) is 0 Å². The van der Waals surface area contributed by atoms with E-state index in [9.17, 15) is 4.79 Å². The first-order chi connectivity index (χ1) is 9.72. The summed E-state index contributed by atoms with van der Waals surface area (Å²) in [6.45, 7) is 5.21. The molecular weight excluding hydrogens is 250 g/mol. The number of aryl methyl sites for hydroxylation is 1. The van der Waals surface area contributed by atoms with Crippen LogP contribution >= 0.6 is 0 Å². The Morgan fingerprint density at radius 1 is 1.20 bits per heavy atom. The molecule has 1 aromatic carbocycles. The summed E-state index contributed by atoms with van der Waals surface area (Å²) in [4.78, 5) is 16.5. The number of nitrogens with one attached hydrogen (secondary N) is 2. The molecule has 1 aromatic heterocycles. The SMILES string of the molecule is CCNc1ccccc1C(=O)NCc1ncccc1C. The molecule has 104 valence electrons. The summed E-state index contributed by atoms with van der Waals surface area (Å²) in [5.41, 5.74) is 3.47. The molecule has 0 aliphatic carbocycles. The van der Waals surface area contributed by atoms with E-state index in [0.29, 0.717) is 12.1 Å². The number of carbonyl (C=O) groups excluding carboxylic acids is 1. The van der Waals surface area contributed by atoms with Crippen molar-refractivity contribution in [3.05, 3.63) is 59.4 Å². The van der Waals surface area contributed by atoms with Gasteiger partial charge in [-0.15, -0.1) is 0 Å². The molecule has 4 heteroatoms. The third kappa shape index (κ3) is 3.35. The average molecular weight is 269 g/mol. The van der Waals surface area contributed by atoms with Crippen LogP contribution in [0.3, 0.4) is 0 Å². The minimum absolute atomic E-state index is 0.0911. The Morgan fingerprint density at radius 3 is 2.75 bits per heavy atom. The molecule has 0 spiro atoms. The molecule has 0 atom stereocenters. The van der Waals surface area contributed by atoms with E-state index in [0.717, 1.165) is 23.5 Å². The molecule has 0 radical (unpaired) electrons. The minimum atomic E-state index is -0.0911. The lowest BCUT2D eigenvalue weighted by Crippen LogP contribution is -2.24. The van der Waals surface area contributed by atoms with Crippen molar-refractivity contribution in [2.24, 2.45) is 0 Å². The average Bonchev–Trinajstić information content (AvgIpc) is 2.47. The van der Waals surface area contributed by atoms with Crippen LogP contribution in [0.1, 0.15) is 28.5 Å². The lowest BCUT2D eigenvalue weighted by Gasteiger charge is -2.11. The van der Waals surface area contributed by atoms with Gasteiger partial charge in [-0.25, -0.2) is 0 Å². The Hall–Kier alpha value is -2.36. The highest BCUT2D eigenvalue weighted by Gasteiger charge is 2.10. The first kappa shape index (κ1) is 14.1. The topological polar surface area (TPSA) is 54.0 Å². The molecule has 1 amide bonds. The molecule has 0 saturated carbocycles. The van der Waals surface area contributed by atoms with E-state index in [1.54, 1.807) is 6.20 Å². The monoisotopic (exact) mass is 269 g/mol. The molecule has 0 unspecified atom stereocenters. The second-order valence-corrected chi connectivity index (χ2v) is 4.53. The summed E-state index contributed by atoms with van der Waals surface area (Å²) in [5.74, 6) is -0.0911. The van der Waals surface area contributed by atoms with Crippen LogP contribution in [0.4, 0.5) is 5.69 Å². The zero-order valence-corrected chi connectivity index (χ0v) is 11.8. The van der Waals surface area contributed by atoms with Gasteiger partial charge in [-0.1, -0.05) is 18.2 Å². The predicted octanol–water partition coefficient (Wildman–Crippen LogP) is 2.75. The van der Waals surface area contributed by atoms with Crippen molar-refractivity contribution < 1.29 is 4.79 Å². The first-order valence-electron chi connectivity index (χ1n) is 6.74. The first-order valence-corrected chi connectivity index (χ1v) is 6.74. The number of carbonyl (C=O) groups is 1. The third-order valence-corrected chi connectivity index (χ3v) is 3.07. The number of nitrogens with zero attached hydrogens (tertiary/aromatic N) is 1. The fourth-order valence-electron chi connectivity index (χ4n) is 1.99. The Balaban J connectivity index is 2.07. The van der Waals surface area contributed by atoms with Crippen LogP contribution in [-0.2, 0) is 6.54 Å². The molecule has 4 nitrogen and oxygen atoms in total. The largest absolute Gasteiger partial charge is 0.385 e. The van der Waals surface area contributed by atoms with Gasteiger partial charge in [-0.2, -0.15) is 0 Å². The minimum Gasteiger partial charge on any atom is -0.385 e. The highest BCUT2D eigenvalue weighted by molar-refractivity contribution is 5.99. The van der Waals surface area contributed by atoms with E-state index < -0.39 is 0 Å². The summed E-state index contributed by atoms with van der Waals surface area (Å²) in [6, 6.07) is 11.4. The maximum atomic E-state index is 12.2. The zero-order valence-electron chi connectivity index (χ0n) is 11.8. The van der Waals surface area contributed by atoms with Crippen LogP contribution in [0, 0.1) is 6.92 Å². The van der Waals surface area contributed by atoms with Crippen LogP contribution in [0.15, 0.2) is 42.6 Å². The summed E-state index contributed by atoms with van der Waals surface area (Å²) >= 11 is 0. The van der Waals surface area contributed by atoms with E-state index in [1.807, 2.05) is 50.2 Å². The number of benzene rings is 1. The van der Waals surface area contributed by atoms with Gasteiger partial charge >= 0.3 is 0 Å². The van der Waals surface area contributed by atoms with Crippen molar-refractivity contribution in [3.63, 3.8) is 0 Å². The number of amides is 1. The maximum absolute atomic E-state index is 12.2. The van der Waals surface area contributed by atoms with Gasteiger partial charge in [0.25, 0.3) is 5.91 Å². The van der Waals surface area contributed by atoms with E-state index >= 15 is 0 Å². The highest BCUT2D eigenvalue weighted by atomic mass is 16.1. The van der Waals surface area contributed by atoms with Crippen molar-refractivity contribution in [1.29, 1.82) is 0 Å². The number of aromatic nitrogens is 1. The van der Waals surface area contributed by atoms with Crippen LogP contribution in [-0.4, -0.2) is 17.4 Å². The summed E-state index contributed by atoms with van der Waals surface area (Å²) in [5, 5.41) is 6.10. The molecule has 0 aliphatic heterocycles. The molecule has 0 saturated heterocycles. The molecule has 2 aromatic rings. The third-order valence-electron chi connectivity index (χ3n) is 3.07. The molecule has 1 heterocycles. The molecule has 2 rings (SSSR count). The Labute approximate surface area is 119 Å². The van der Waals surface area contributed by atoms with Crippen LogP contribution in [0.2, 0.25) is 0 Å². The van der Waals surface area contributed by atoms with Gasteiger partial charge in [-0.3, -0.25) is 9.78 Å². The van der Waals surface area contributed by atoms with Gasteiger partial charge in [-0.05, 0) is 37.6 Å². The number of pyridine rings is 1. The van der Waals surface area contributed by atoms with Crippen molar-refractivity contribution in [3.8, 4) is 0 Å². The smallest absolute Gasteiger partial charge is 0.253 e. The molecule has 2 N–H and O–H groups in total. The number of rotatable bonds is 5. The molecular formula is C16H19N3O. The lowest BCUT2D eigenvalue weighted by molar-refractivity contribution is 0.0951. The summed E-state index contributed by atoms with van der Waals surface area (Å²) in [6.07, 6.45) is 1.74. The van der Waals surface area contributed by atoms with Gasteiger partial charge in [0, 0.05) is 18.4 Å². The van der Waals surface area contributed by atoms with Gasteiger partial charge in [0.1, 0.15) is 0 Å². The number of anilines is 1. The standard InChI is InChI=1S/C16H19N3O/c1-3-17-14-9-5-4-8-13(14)16(20)19-11-15-12(2)7-6-10-18-15/h4-10,17H,3,11H2,1-2H3,(H,19,20). The van der Waals surface area contributed by atoms with Gasteiger partial charge in [0.05, 0.1) is 17.8 Å². The summed E-state index contributed by atoms with van der Waals surface area (Å²) in [7, 11) is 0. The van der Waals surface area contributed by atoms with Crippen LogP contribution in [0.25, 0.3) is 0 Å². The van der Waals surface area contributed by atoms with Gasteiger partial charge in [0.15, 0.2) is 0 Å². The van der Waals surface area contributed by atoms with Crippen molar-refractivity contribution in [2.45, 2.75) is 20.4 Å². The fraction of sp³-hybridized carbons (Fsp3) is 0.250. The highest BCUT2D eigenvalue weighted by Crippen LogP contribution is 2.14. The van der Waals surface area contributed by atoms with Crippen molar-refractivity contribution >= 4 is 11.6 Å². The summed E-state index contributed by atoms with van der Waals surface area (Å²) < 4.78 is 0. The van der Waals surface area contributed by atoms with E-state index in [4.69, 9.17) is 0 Å². The second-order valence-electron chi connectivity index (χ2n) is 4.53. The normalized spacial score (nSPS) is 10.1. The molecule has 20 heavy (non-hydrogen) atoms. The Bertz CT molecular complexity index is 596. The molecule has 0 bridgehead atoms. The molecule has 0 fully saturated rings. The second kappa shape index (κ2) is 6.70. The van der Waals surface area contributed by atoms with E-state index in [-0.39, 0.29) is 5.91 Å². The molecule has 0 aliphatic rings. The van der Waals surface area contributed by atoms with Crippen LogP contribution in [0.5, 0.6) is 0 Å². The number of para-hydroxylation sites is 1. The van der Waals surface area contributed by atoms with E-state index in [2.05, 4.69) is 15.6 Å². The van der Waals surface area contributed by atoms with Crippen molar-refractivity contribution in [2.75, 3.05) is 11.9 Å². The Morgan fingerprint density at radius 2 is 2.00 bits per heavy atom. The number of hydrogen-bond acceptors (Lipinski definition) is 3. The van der Waals surface area contributed by atoms with Crippen molar-refractivity contribution in [1.82, 2.24) is 10.3 Å². The predicted molar refractivity (Wildman–Crippen MR) is 80.7 cm³/mol. The van der Waals surface area contributed by atoms with Gasteiger partial charge < -0.3 is 10.6 Å².